The van der Waals surface area contributed by atoms with Gasteiger partial charge in [-0.3, -0.25) is 5.10 Å². The predicted molar refractivity (Wildman–Crippen MR) is 147 cm³/mol. The lowest BCUT2D eigenvalue weighted by molar-refractivity contribution is 0.291. The number of aromatic amines is 1. The van der Waals surface area contributed by atoms with Crippen molar-refractivity contribution in [3.63, 3.8) is 0 Å². The molecule has 4 aromatic carbocycles. The van der Waals surface area contributed by atoms with Crippen molar-refractivity contribution < 1.29 is 14.2 Å². The minimum absolute atomic E-state index is 0.370. The average Bonchev–Trinajstić information content (AvgIpc) is 3.33. The standard InChI is InChI=1S/C30H26ClN3O3/c1-35-23-14-12-22(13-15-23)28-29(33-34-30(28)32)24-16-25(31)27(37-19-21-10-6-3-7-11-21)17-26(24)36-18-20-8-4-2-5-9-20/h2-17H,18-19H2,1H3,(H3,32,33,34). The summed E-state index contributed by atoms with van der Waals surface area (Å²) in [6, 6.07) is 31.2. The molecule has 0 aliphatic carbocycles. The Hall–Kier alpha value is -4.42. The zero-order valence-corrected chi connectivity index (χ0v) is 21.0. The maximum atomic E-state index is 6.72. The van der Waals surface area contributed by atoms with Gasteiger partial charge in [0.15, 0.2) is 5.82 Å². The van der Waals surface area contributed by atoms with Gasteiger partial charge in [-0.25, -0.2) is 0 Å². The van der Waals surface area contributed by atoms with Gasteiger partial charge in [-0.2, -0.15) is 5.10 Å². The minimum atomic E-state index is 0.370. The number of aromatic nitrogens is 2. The molecule has 7 heteroatoms. The molecule has 0 spiro atoms. The van der Waals surface area contributed by atoms with Crippen LogP contribution in [-0.4, -0.2) is 17.3 Å². The maximum Gasteiger partial charge on any atom is 0.153 e. The van der Waals surface area contributed by atoms with Gasteiger partial charge in [0, 0.05) is 11.6 Å². The summed E-state index contributed by atoms with van der Waals surface area (Å²) < 4.78 is 17.7. The fraction of sp³-hybridized carbons (Fsp3) is 0.100. The van der Waals surface area contributed by atoms with Crippen molar-refractivity contribution in [2.45, 2.75) is 13.2 Å². The Balaban J connectivity index is 1.54. The van der Waals surface area contributed by atoms with Gasteiger partial charge in [0.1, 0.15) is 30.5 Å². The first-order valence-electron chi connectivity index (χ1n) is 11.8. The number of nitrogen functional groups attached to an aromatic ring is 1. The van der Waals surface area contributed by atoms with Crippen LogP contribution in [0, 0.1) is 0 Å². The van der Waals surface area contributed by atoms with Crippen LogP contribution in [0.1, 0.15) is 11.1 Å². The third-order valence-corrected chi connectivity index (χ3v) is 6.25. The van der Waals surface area contributed by atoms with Crippen molar-refractivity contribution in [1.82, 2.24) is 10.2 Å². The molecule has 6 nitrogen and oxygen atoms in total. The molecule has 5 rings (SSSR count). The average molecular weight is 512 g/mol. The summed E-state index contributed by atoms with van der Waals surface area (Å²) in [4.78, 5) is 0. The summed E-state index contributed by atoms with van der Waals surface area (Å²) in [6.07, 6.45) is 0. The van der Waals surface area contributed by atoms with Crippen LogP contribution in [0.25, 0.3) is 22.4 Å². The molecule has 5 aromatic rings. The highest BCUT2D eigenvalue weighted by atomic mass is 35.5. The van der Waals surface area contributed by atoms with Gasteiger partial charge in [-0.1, -0.05) is 84.4 Å². The number of benzene rings is 4. The Kier molecular flexibility index (Phi) is 7.28. The summed E-state index contributed by atoms with van der Waals surface area (Å²) >= 11 is 6.72. The van der Waals surface area contributed by atoms with Crippen molar-refractivity contribution in [2.24, 2.45) is 0 Å². The monoisotopic (exact) mass is 511 g/mol. The van der Waals surface area contributed by atoms with Gasteiger partial charge in [0.05, 0.1) is 23.4 Å². The Morgan fingerprint density at radius 2 is 1.38 bits per heavy atom. The van der Waals surface area contributed by atoms with E-state index >= 15 is 0 Å². The topological polar surface area (TPSA) is 82.4 Å². The van der Waals surface area contributed by atoms with Crippen LogP contribution in [0.5, 0.6) is 17.2 Å². The SMILES string of the molecule is COc1ccc(-c2c(N)n[nH]c2-c2cc(Cl)c(OCc3ccccc3)cc2OCc2ccccc2)cc1. The largest absolute Gasteiger partial charge is 0.497 e. The number of hydrogen-bond donors (Lipinski definition) is 2. The highest BCUT2D eigenvalue weighted by Crippen LogP contribution is 2.43. The van der Waals surface area contributed by atoms with E-state index in [1.807, 2.05) is 97.1 Å². The van der Waals surface area contributed by atoms with Gasteiger partial charge in [-0.15, -0.1) is 0 Å². The highest BCUT2D eigenvalue weighted by Gasteiger charge is 2.21. The molecule has 0 unspecified atom stereocenters. The molecular weight excluding hydrogens is 486 g/mol. The van der Waals surface area contributed by atoms with Crippen molar-refractivity contribution in [3.05, 3.63) is 113 Å². The number of rotatable bonds is 9. The van der Waals surface area contributed by atoms with Crippen LogP contribution in [0.4, 0.5) is 5.82 Å². The Morgan fingerprint density at radius 3 is 1.97 bits per heavy atom. The third kappa shape index (κ3) is 5.55. The molecule has 1 aromatic heterocycles. The first-order chi connectivity index (χ1) is 18.1. The second kappa shape index (κ2) is 11.1. The summed E-state index contributed by atoms with van der Waals surface area (Å²) in [6.45, 7) is 0.751. The van der Waals surface area contributed by atoms with E-state index in [1.165, 1.54) is 0 Å². The summed E-state index contributed by atoms with van der Waals surface area (Å²) in [5.74, 6) is 2.24. The molecule has 0 bridgehead atoms. The van der Waals surface area contributed by atoms with Crippen molar-refractivity contribution in [3.8, 4) is 39.6 Å². The second-order valence-electron chi connectivity index (χ2n) is 8.41. The summed E-state index contributed by atoms with van der Waals surface area (Å²) in [5.41, 5.74) is 11.4. The number of halogens is 1. The molecule has 0 radical (unpaired) electrons. The van der Waals surface area contributed by atoms with Crippen LogP contribution in [0.2, 0.25) is 5.02 Å². The van der Waals surface area contributed by atoms with Gasteiger partial charge in [0.2, 0.25) is 0 Å². The molecule has 186 valence electrons. The molecule has 37 heavy (non-hydrogen) atoms. The van der Waals surface area contributed by atoms with Crippen LogP contribution in [-0.2, 0) is 13.2 Å². The van der Waals surface area contributed by atoms with Crippen LogP contribution < -0.4 is 19.9 Å². The predicted octanol–water partition coefficient (Wildman–Crippen LogP) is 7.15. The van der Waals surface area contributed by atoms with Gasteiger partial charge < -0.3 is 19.9 Å². The Labute approximate surface area is 220 Å². The normalized spacial score (nSPS) is 10.8. The summed E-state index contributed by atoms with van der Waals surface area (Å²) in [5, 5.41) is 7.82. The number of methoxy groups -OCH3 is 1. The van der Waals surface area contributed by atoms with E-state index in [0.717, 1.165) is 33.6 Å². The Morgan fingerprint density at radius 1 is 0.784 bits per heavy atom. The first kappa shape index (κ1) is 24.3. The number of ether oxygens (including phenoxy) is 3. The van der Waals surface area contributed by atoms with Crippen molar-refractivity contribution in [2.75, 3.05) is 12.8 Å². The second-order valence-corrected chi connectivity index (χ2v) is 8.82. The molecule has 0 aliphatic heterocycles. The first-order valence-corrected chi connectivity index (χ1v) is 12.2. The van der Waals surface area contributed by atoms with Crippen molar-refractivity contribution in [1.29, 1.82) is 0 Å². The lowest BCUT2D eigenvalue weighted by Crippen LogP contribution is -2.01. The van der Waals surface area contributed by atoms with Crippen LogP contribution >= 0.6 is 11.6 Å². The van der Waals surface area contributed by atoms with E-state index in [-0.39, 0.29) is 0 Å². The highest BCUT2D eigenvalue weighted by molar-refractivity contribution is 6.32. The van der Waals surface area contributed by atoms with E-state index < -0.39 is 0 Å². The lowest BCUT2D eigenvalue weighted by atomic mass is 10.00. The van der Waals surface area contributed by atoms with E-state index in [1.54, 1.807) is 7.11 Å². The minimum Gasteiger partial charge on any atom is -0.497 e. The van der Waals surface area contributed by atoms with Crippen molar-refractivity contribution >= 4 is 17.4 Å². The molecule has 3 N–H and O–H groups in total. The molecule has 1 heterocycles. The molecule has 0 fully saturated rings. The molecular formula is C30H26ClN3O3. The molecule has 0 atom stereocenters. The third-order valence-electron chi connectivity index (χ3n) is 5.95. The maximum absolute atomic E-state index is 6.72. The number of nitrogens with one attached hydrogen (secondary N) is 1. The number of H-pyrrole nitrogens is 1. The molecule has 0 amide bonds. The van der Waals surface area contributed by atoms with Crippen LogP contribution in [0.3, 0.4) is 0 Å². The van der Waals surface area contributed by atoms with Gasteiger partial charge in [-0.05, 0) is 34.9 Å². The quantitative estimate of drug-likeness (QED) is 0.219. The molecule has 0 saturated heterocycles. The van der Waals surface area contributed by atoms with Gasteiger partial charge >= 0.3 is 0 Å². The number of hydrogen-bond acceptors (Lipinski definition) is 5. The van der Waals surface area contributed by atoms with Gasteiger partial charge in [0.25, 0.3) is 0 Å². The zero-order valence-electron chi connectivity index (χ0n) is 20.3. The lowest BCUT2D eigenvalue weighted by Gasteiger charge is -2.16. The van der Waals surface area contributed by atoms with Crippen LogP contribution in [0.15, 0.2) is 97.1 Å². The van der Waals surface area contributed by atoms with E-state index in [4.69, 9.17) is 31.5 Å². The van der Waals surface area contributed by atoms with E-state index in [0.29, 0.717) is 41.2 Å². The number of nitrogens with two attached hydrogens (primary N) is 1. The molecule has 0 saturated carbocycles. The fourth-order valence-corrected chi connectivity index (χ4v) is 4.25. The Bertz CT molecular complexity index is 1470. The fourth-order valence-electron chi connectivity index (χ4n) is 4.03. The summed E-state index contributed by atoms with van der Waals surface area (Å²) in [7, 11) is 1.63. The number of anilines is 1. The smallest absolute Gasteiger partial charge is 0.153 e. The number of nitrogens with zero attached hydrogens (tertiary/aromatic N) is 1. The van der Waals surface area contributed by atoms with E-state index in [9.17, 15) is 0 Å². The molecule has 0 aliphatic rings. The van der Waals surface area contributed by atoms with E-state index in [2.05, 4.69) is 10.2 Å². The zero-order chi connectivity index (χ0) is 25.6.